The van der Waals surface area contributed by atoms with Crippen molar-refractivity contribution in [3.8, 4) is 0 Å². The van der Waals surface area contributed by atoms with Crippen molar-refractivity contribution in [2.24, 2.45) is 5.16 Å². The van der Waals surface area contributed by atoms with Crippen LogP contribution in [0.2, 0.25) is 0 Å². The van der Waals surface area contributed by atoms with Crippen LogP contribution in [0, 0.1) is 0 Å². The number of nitrogen functional groups attached to an aromatic ring is 1. The number of methoxy groups -OCH3 is 1. The van der Waals surface area contributed by atoms with Crippen molar-refractivity contribution in [2.45, 2.75) is 84.5 Å². The van der Waals surface area contributed by atoms with Gasteiger partial charge >= 0.3 is 18.3 Å². The molecule has 3 atom stereocenters. The fraction of sp³-hybridized carbons (Fsp3) is 0.607. The molecule has 1 unspecified atom stereocenters. The molecule has 47 heavy (non-hydrogen) atoms. The van der Waals surface area contributed by atoms with E-state index in [1.165, 1.54) is 43.2 Å². The number of fused-ring (bicyclic) bond motifs is 1. The molecular weight excluding hydrogens is 662 g/mol. The number of thiazole rings is 1. The fourth-order valence-corrected chi connectivity index (χ4v) is 5.73. The van der Waals surface area contributed by atoms with Crippen LogP contribution in [-0.4, -0.2) is 108 Å². The molecule has 2 amide bonds. The van der Waals surface area contributed by atoms with Gasteiger partial charge in [-0.25, -0.2) is 19.4 Å². The molecule has 19 heteroatoms. The van der Waals surface area contributed by atoms with Gasteiger partial charge in [0.15, 0.2) is 10.8 Å². The molecule has 0 spiro atoms. The molecule has 0 radical (unpaired) electrons. The summed E-state index contributed by atoms with van der Waals surface area (Å²) < 4.78 is 29.6. The number of nitrogens with one attached hydrogen (secondary N) is 1. The second-order valence-corrected chi connectivity index (χ2v) is 12.5. The van der Waals surface area contributed by atoms with Crippen molar-refractivity contribution in [3.05, 3.63) is 22.3 Å². The SMILES string of the molecule is CC(C)OC(=O)OC(C)C.COCC1=C(C(=O)OC(C)OC(=O)OC(C)C)N2C(=O)[C@@H](NC(=O)/C(=N\OC)c3csc(N)n3)[C@H]2SC1. The number of aromatic nitrogens is 1. The third kappa shape index (κ3) is 11.6. The summed E-state index contributed by atoms with van der Waals surface area (Å²) in [6, 6.07) is -0.961. The van der Waals surface area contributed by atoms with Crippen LogP contribution in [0.3, 0.4) is 0 Å². The number of oxime groups is 1. The van der Waals surface area contributed by atoms with E-state index in [1.54, 1.807) is 41.5 Å². The topological polar surface area (TPSA) is 216 Å². The van der Waals surface area contributed by atoms with Gasteiger partial charge in [0.2, 0.25) is 6.29 Å². The normalized spacial score (nSPS) is 18.0. The van der Waals surface area contributed by atoms with Crippen molar-refractivity contribution in [1.29, 1.82) is 0 Å². The molecule has 1 saturated heterocycles. The second-order valence-electron chi connectivity index (χ2n) is 10.5. The van der Waals surface area contributed by atoms with Crippen molar-refractivity contribution in [1.82, 2.24) is 15.2 Å². The molecule has 0 aromatic carbocycles. The average Bonchev–Trinajstić information content (AvgIpc) is 3.38. The monoisotopic (exact) mass is 703 g/mol. The van der Waals surface area contributed by atoms with Crippen molar-refractivity contribution >= 4 is 64.0 Å². The average molecular weight is 704 g/mol. The molecule has 2 aliphatic heterocycles. The maximum atomic E-state index is 13.1. The van der Waals surface area contributed by atoms with E-state index >= 15 is 0 Å². The number of hydrogen-bond donors (Lipinski definition) is 2. The molecule has 2 aliphatic rings. The zero-order valence-corrected chi connectivity index (χ0v) is 29.2. The number of carbonyl (C=O) groups excluding carboxylic acids is 5. The lowest BCUT2D eigenvalue weighted by molar-refractivity contribution is -0.169. The van der Waals surface area contributed by atoms with E-state index in [0.29, 0.717) is 11.3 Å². The lowest BCUT2D eigenvalue weighted by Gasteiger charge is -2.49. The number of anilines is 1. The number of nitrogens with zero attached hydrogens (tertiary/aromatic N) is 3. The Morgan fingerprint density at radius 2 is 1.55 bits per heavy atom. The van der Waals surface area contributed by atoms with Crippen LogP contribution in [0.1, 0.15) is 54.2 Å². The van der Waals surface area contributed by atoms with Crippen LogP contribution < -0.4 is 11.1 Å². The van der Waals surface area contributed by atoms with E-state index in [4.69, 9.17) is 39.0 Å². The van der Waals surface area contributed by atoms with Crippen LogP contribution in [0.15, 0.2) is 21.8 Å². The Balaban J connectivity index is 0.000000663. The van der Waals surface area contributed by atoms with E-state index in [2.05, 4.69) is 15.5 Å². The number of hydrogen-bond acceptors (Lipinski definition) is 17. The van der Waals surface area contributed by atoms with Crippen molar-refractivity contribution in [3.63, 3.8) is 0 Å². The first-order valence-electron chi connectivity index (χ1n) is 14.3. The number of rotatable bonds is 12. The molecular formula is C28H41N5O12S2. The number of esters is 1. The molecule has 0 saturated carbocycles. The van der Waals surface area contributed by atoms with E-state index in [9.17, 15) is 24.0 Å². The molecule has 262 valence electrons. The third-order valence-corrected chi connectivity index (χ3v) is 7.55. The van der Waals surface area contributed by atoms with Gasteiger partial charge in [-0.15, -0.1) is 23.1 Å². The zero-order valence-electron chi connectivity index (χ0n) is 27.6. The van der Waals surface area contributed by atoms with Crippen LogP contribution >= 0.6 is 23.1 Å². The van der Waals surface area contributed by atoms with Crippen LogP contribution in [-0.2, 0) is 47.6 Å². The molecule has 3 N–H and O–H groups in total. The van der Waals surface area contributed by atoms with Crippen LogP contribution in [0.4, 0.5) is 14.7 Å². The Labute approximate surface area is 280 Å². The number of β-lactam (4-membered cyclic amide) rings is 1. The molecule has 3 heterocycles. The van der Waals surface area contributed by atoms with Crippen molar-refractivity contribution < 1.29 is 57.2 Å². The quantitative estimate of drug-likeness (QED) is 0.0799. The number of amides is 2. The Morgan fingerprint density at radius 1 is 0.979 bits per heavy atom. The minimum Gasteiger partial charge on any atom is -0.432 e. The predicted molar refractivity (Wildman–Crippen MR) is 170 cm³/mol. The number of nitrogens with two attached hydrogens (primary N) is 1. The minimum absolute atomic E-state index is 0.0353. The fourth-order valence-electron chi connectivity index (χ4n) is 3.86. The van der Waals surface area contributed by atoms with Crippen LogP contribution in [0.25, 0.3) is 0 Å². The number of carbonyl (C=O) groups is 5. The molecule has 1 aromatic rings. The highest BCUT2D eigenvalue weighted by Gasteiger charge is 2.55. The highest BCUT2D eigenvalue weighted by molar-refractivity contribution is 8.00. The highest BCUT2D eigenvalue weighted by Crippen LogP contribution is 2.41. The maximum absolute atomic E-state index is 13.1. The summed E-state index contributed by atoms with van der Waals surface area (Å²) in [6.07, 6.45) is -3.51. The Bertz CT molecular complexity index is 1330. The Hall–Kier alpha value is -4.10. The Kier molecular flexibility index (Phi) is 15.2. The van der Waals surface area contributed by atoms with E-state index < -0.39 is 53.9 Å². The summed E-state index contributed by atoms with van der Waals surface area (Å²) >= 11 is 2.45. The lowest BCUT2D eigenvalue weighted by atomic mass is 10.0. The van der Waals surface area contributed by atoms with Gasteiger partial charge in [-0.05, 0) is 47.1 Å². The van der Waals surface area contributed by atoms with Crippen LogP contribution in [0.5, 0.6) is 0 Å². The molecule has 0 bridgehead atoms. The van der Waals surface area contributed by atoms with E-state index in [0.717, 1.165) is 11.3 Å². The number of ether oxygens (including phenoxy) is 6. The van der Waals surface area contributed by atoms with Gasteiger partial charge < -0.3 is 44.3 Å². The standard InChI is InChI=1S/C21H27N5O9S2.C7H14O3/c1-9(2)33-21(30)35-10(3)34-19(29)15-11(6-31-4)7-36-18-14(17(28)26(15)18)24-16(27)13(25-32-5)12-8-37-20(22)23-12;1-5(2)9-7(8)10-6(3)4/h8-10,14,18H,6-7H2,1-5H3,(H2,22,23)(H,24,27);5-6H,1-4H3/b25-13-;/t10?,14-,18-;/m1./s1. The Morgan fingerprint density at radius 3 is 2.04 bits per heavy atom. The zero-order chi connectivity index (χ0) is 35.4. The second kappa shape index (κ2) is 18.3. The van der Waals surface area contributed by atoms with E-state index in [-0.39, 0.29) is 41.0 Å². The largest absolute Gasteiger partial charge is 0.511 e. The van der Waals surface area contributed by atoms with Gasteiger partial charge in [-0.2, -0.15) is 0 Å². The third-order valence-electron chi connectivity index (χ3n) is 5.54. The first kappa shape index (κ1) is 39.1. The minimum atomic E-state index is -1.28. The highest BCUT2D eigenvalue weighted by atomic mass is 32.2. The summed E-state index contributed by atoms with van der Waals surface area (Å²) in [5, 5.41) is 7.49. The maximum Gasteiger partial charge on any atom is 0.511 e. The van der Waals surface area contributed by atoms with Gasteiger partial charge in [-0.3, -0.25) is 14.5 Å². The molecule has 0 aliphatic carbocycles. The molecule has 1 aromatic heterocycles. The van der Waals surface area contributed by atoms with E-state index in [1.807, 2.05) is 0 Å². The summed E-state index contributed by atoms with van der Waals surface area (Å²) in [5.41, 5.74) is 6.15. The van der Waals surface area contributed by atoms with Gasteiger partial charge in [0.05, 0.1) is 24.9 Å². The lowest BCUT2D eigenvalue weighted by Crippen LogP contribution is -2.71. The molecule has 3 rings (SSSR count). The first-order valence-corrected chi connectivity index (χ1v) is 16.3. The van der Waals surface area contributed by atoms with Gasteiger partial charge in [0, 0.05) is 25.2 Å². The number of thioether (sulfide) groups is 1. The molecule has 1 fully saturated rings. The predicted octanol–water partition coefficient (Wildman–Crippen LogP) is 2.78. The summed E-state index contributed by atoms with van der Waals surface area (Å²) in [6.45, 7) is 11.8. The van der Waals surface area contributed by atoms with Crippen molar-refractivity contribution in [2.75, 3.05) is 32.3 Å². The summed E-state index contributed by atoms with van der Waals surface area (Å²) in [7, 11) is 2.71. The summed E-state index contributed by atoms with van der Waals surface area (Å²) in [5.74, 6) is -1.81. The van der Waals surface area contributed by atoms with Gasteiger partial charge in [-0.1, -0.05) is 5.16 Å². The van der Waals surface area contributed by atoms with Gasteiger partial charge in [0.1, 0.15) is 29.9 Å². The first-order chi connectivity index (χ1) is 22.1. The smallest absolute Gasteiger partial charge is 0.432 e. The summed E-state index contributed by atoms with van der Waals surface area (Å²) in [4.78, 5) is 71.4. The van der Waals surface area contributed by atoms with Gasteiger partial charge in [0.25, 0.3) is 11.8 Å². The molecule has 17 nitrogen and oxygen atoms in total.